The van der Waals surface area contributed by atoms with Gasteiger partial charge in [-0.25, -0.2) is 4.98 Å². The molecule has 21 heavy (non-hydrogen) atoms. The summed E-state index contributed by atoms with van der Waals surface area (Å²) in [6.07, 6.45) is 1.82. The van der Waals surface area contributed by atoms with Gasteiger partial charge in [-0.1, -0.05) is 35.9 Å². The molecule has 0 spiro atoms. The van der Waals surface area contributed by atoms with E-state index in [1.54, 1.807) is 0 Å². The summed E-state index contributed by atoms with van der Waals surface area (Å²) in [5.41, 5.74) is 3.94. The molecule has 3 aromatic rings. The van der Waals surface area contributed by atoms with Crippen molar-refractivity contribution in [3.05, 3.63) is 71.0 Å². The fourth-order valence-corrected chi connectivity index (χ4v) is 2.43. The molecule has 0 aliphatic carbocycles. The van der Waals surface area contributed by atoms with Crippen molar-refractivity contribution in [2.24, 2.45) is 0 Å². The molecule has 4 heteroatoms. The first kappa shape index (κ1) is 14.0. The number of fused-ring (bicyclic) bond motifs is 1. The van der Waals surface area contributed by atoms with Crippen molar-refractivity contribution in [2.75, 3.05) is 0 Å². The van der Waals surface area contributed by atoms with Gasteiger partial charge in [0, 0.05) is 17.6 Å². The first-order valence-corrected chi connectivity index (χ1v) is 7.30. The summed E-state index contributed by atoms with van der Waals surface area (Å²) in [5.74, 6) is 0. The summed E-state index contributed by atoms with van der Waals surface area (Å²) in [6, 6.07) is 16.0. The lowest BCUT2D eigenvalue weighted by Crippen LogP contribution is -2.18. The van der Waals surface area contributed by atoms with Gasteiger partial charge in [-0.05, 0) is 36.8 Å². The third-order valence-electron chi connectivity index (χ3n) is 3.44. The summed E-state index contributed by atoms with van der Waals surface area (Å²) in [7, 11) is 0. The van der Waals surface area contributed by atoms with Crippen LogP contribution in [0.2, 0.25) is 5.02 Å². The highest BCUT2D eigenvalue weighted by Crippen LogP contribution is 2.17. The fourth-order valence-electron chi connectivity index (χ4n) is 2.23. The number of benzene rings is 2. The molecule has 2 aromatic carbocycles. The van der Waals surface area contributed by atoms with Crippen LogP contribution in [0, 0.1) is 0 Å². The Balaban J connectivity index is 1.71. The number of para-hydroxylation sites is 2. The van der Waals surface area contributed by atoms with Crippen LogP contribution in [0.5, 0.6) is 0 Å². The van der Waals surface area contributed by atoms with E-state index < -0.39 is 0 Å². The molecular weight excluding hydrogens is 282 g/mol. The zero-order chi connectivity index (χ0) is 14.7. The van der Waals surface area contributed by atoms with Gasteiger partial charge in [0.2, 0.25) is 0 Å². The topological polar surface area (TPSA) is 37.8 Å². The number of rotatable bonds is 4. The van der Waals surface area contributed by atoms with Gasteiger partial charge in [0.05, 0.1) is 22.9 Å². The number of nitrogens with zero attached hydrogens (tertiary/aromatic N) is 2. The summed E-state index contributed by atoms with van der Waals surface area (Å²) in [4.78, 5) is 9.03. The van der Waals surface area contributed by atoms with E-state index in [-0.39, 0.29) is 6.04 Å². The monoisotopic (exact) mass is 297 g/mol. The SMILES string of the molecule is CC(NCc1cnc2ccccc2n1)c1cccc(Cl)c1. The third kappa shape index (κ3) is 3.38. The Kier molecular flexibility index (Phi) is 4.13. The van der Waals surface area contributed by atoms with Crippen molar-refractivity contribution >= 4 is 22.6 Å². The van der Waals surface area contributed by atoms with Crippen LogP contribution in [0.4, 0.5) is 0 Å². The van der Waals surface area contributed by atoms with E-state index >= 15 is 0 Å². The van der Waals surface area contributed by atoms with Gasteiger partial charge in [0.25, 0.3) is 0 Å². The van der Waals surface area contributed by atoms with Gasteiger partial charge < -0.3 is 5.32 Å². The standard InChI is InChI=1S/C17H16ClN3/c1-12(13-5-4-6-14(18)9-13)19-10-15-11-20-16-7-2-3-8-17(16)21-15/h2-9,11-12,19H,10H2,1H3. The van der Waals surface area contributed by atoms with E-state index in [1.807, 2.05) is 48.7 Å². The zero-order valence-corrected chi connectivity index (χ0v) is 12.5. The van der Waals surface area contributed by atoms with Gasteiger partial charge in [-0.15, -0.1) is 0 Å². The minimum atomic E-state index is 0.206. The zero-order valence-electron chi connectivity index (χ0n) is 11.8. The maximum atomic E-state index is 6.02. The molecule has 0 saturated carbocycles. The molecule has 0 radical (unpaired) electrons. The number of nitrogens with one attached hydrogen (secondary N) is 1. The fraction of sp³-hybridized carbons (Fsp3) is 0.176. The van der Waals surface area contributed by atoms with Crippen LogP contribution in [-0.2, 0) is 6.54 Å². The molecule has 3 nitrogen and oxygen atoms in total. The van der Waals surface area contributed by atoms with E-state index in [2.05, 4.69) is 28.3 Å². The molecule has 0 fully saturated rings. The van der Waals surface area contributed by atoms with Crippen molar-refractivity contribution < 1.29 is 0 Å². The third-order valence-corrected chi connectivity index (χ3v) is 3.67. The first-order valence-electron chi connectivity index (χ1n) is 6.92. The Hall–Kier alpha value is -1.97. The second kappa shape index (κ2) is 6.20. The van der Waals surface area contributed by atoms with E-state index in [1.165, 1.54) is 0 Å². The molecule has 1 atom stereocenters. The van der Waals surface area contributed by atoms with Gasteiger partial charge in [-0.2, -0.15) is 0 Å². The molecule has 1 unspecified atom stereocenters. The first-order chi connectivity index (χ1) is 10.2. The maximum absolute atomic E-state index is 6.02. The highest BCUT2D eigenvalue weighted by Gasteiger charge is 2.06. The van der Waals surface area contributed by atoms with Gasteiger partial charge in [0.1, 0.15) is 0 Å². The molecule has 0 aliphatic heterocycles. The Morgan fingerprint density at radius 2 is 1.90 bits per heavy atom. The highest BCUT2D eigenvalue weighted by atomic mass is 35.5. The molecule has 1 N–H and O–H groups in total. The molecule has 1 aromatic heterocycles. The lowest BCUT2D eigenvalue weighted by atomic mass is 10.1. The van der Waals surface area contributed by atoms with E-state index in [0.717, 1.165) is 27.3 Å². The van der Waals surface area contributed by atoms with Crippen molar-refractivity contribution in [1.82, 2.24) is 15.3 Å². The van der Waals surface area contributed by atoms with Gasteiger partial charge in [-0.3, -0.25) is 4.98 Å². The molecule has 0 bridgehead atoms. The molecular formula is C17H16ClN3. The van der Waals surface area contributed by atoms with Gasteiger partial charge >= 0.3 is 0 Å². The molecule has 0 amide bonds. The highest BCUT2D eigenvalue weighted by molar-refractivity contribution is 6.30. The Morgan fingerprint density at radius 3 is 2.71 bits per heavy atom. The number of hydrogen-bond acceptors (Lipinski definition) is 3. The van der Waals surface area contributed by atoms with Crippen molar-refractivity contribution in [2.45, 2.75) is 19.5 Å². The molecule has 1 heterocycles. The normalized spacial score (nSPS) is 12.5. The van der Waals surface area contributed by atoms with E-state index in [9.17, 15) is 0 Å². The minimum Gasteiger partial charge on any atom is -0.305 e. The van der Waals surface area contributed by atoms with Crippen LogP contribution < -0.4 is 5.32 Å². The van der Waals surface area contributed by atoms with Gasteiger partial charge in [0.15, 0.2) is 0 Å². The quantitative estimate of drug-likeness (QED) is 0.786. The average Bonchev–Trinajstić information content (AvgIpc) is 2.52. The lowest BCUT2D eigenvalue weighted by Gasteiger charge is -2.14. The lowest BCUT2D eigenvalue weighted by molar-refractivity contribution is 0.568. The Morgan fingerprint density at radius 1 is 1.10 bits per heavy atom. The summed E-state index contributed by atoms with van der Waals surface area (Å²) < 4.78 is 0. The van der Waals surface area contributed by atoms with Crippen molar-refractivity contribution in [1.29, 1.82) is 0 Å². The Labute approximate surface area is 129 Å². The number of halogens is 1. The molecule has 3 rings (SSSR count). The average molecular weight is 298 g/mol. The smallest absolute Gasteiger partial charge is 0.0890 e. The summed E-state index contributed by atoms with van der Waals surface area (Å²) >= 11 is 6.02. The maximum Gasteiger partial charge on any atom is 0.0890 e. The molecule has 106 valence electrons. The Bertz CT molecular complexity index is 758. The van der Waals surface area contributed by atoms with Crippen LogP contribution in [0.1, 0.15) is 24.2 Å². The van der Waals surface area contributed by atoms with Crippen LogP contribution in [0.3, 0.4) is 0 Å². The number of aromatic nitrogens is 2. The van der Waals surface area contributed by atoms with E-state index in [4.69, 9.17) is 11.6 Å². The molecule has 0 aliphatic rings. The van der Waals surface area contributed by atoms with E-state index in [0.29, 0.717) is 6.54 Å². The largest absolute Gasteiger partial charge is 0.305 e. The van der Waals surface area contributed by atoms with Crippen molar-refractivity contribution in [3.8, 4) is 0 Å². The van der Waals surface area contributed by atoms with Crippen LogP contribution in [0.15, 0.2) is 54.7 Å². The number of hydrogen-bond donors (Lipinski definition) is 1. The second-order valence-electron chi connectivity index (χ2n) is 5.01. The minimum absolute atomic E-state index is 0.206. The second-order valence-corrected chi connectivity index (χ2v) is 5.44. The van der Waals surface area contributed by atoms with Crippen LogP contribution in [-0.4, -0.2) is 9.97 Å². The summed E-state index contributed by atoms with van der Waals surface area (Å²) in [6.45, 7) is 2.78. The van der Waals surface area contributed by atoms with Crippen molar-refractivity contribution in [3.63, 3.8) is 0 Å². The van der Waals surface area contributed by atoms with Crippen LogP contribution in [0.25, 0.3) is 11.0 Å². The predicted octanol–water partition coefficient (Wildman–Crippen LogP) is 4.13. The van der Waals surface area contributed by atoms with Crippen LogP contribution >= 0.6 is 11.6 Å². The predicted molar refractivity (Wildman–Crippen MR) is 86.2 cm³/mol. The molecule has 0 saturated heterocycles. The summed E-state index contributed by atoms with van der Waals surface area (Å²) in [5, 5.41) is 4.20.